The average Bonchev–Trinajstić information content (AvgIpc) is 2.74. The highest BCUT2D eigenvalue weighted by Gasteiger charge is 2.33. The van der Waals surface area contributed by atoms with E-state index in [0.29, 0.717) is 48.6 Å². The Balaban J connectivity index is 1.53. The number of methoxy groups -OCH3 is 1. The van der Waals surface area contributed by atoms with Crippen molar-refractivity contribution in [1.29, 1.82) is 0 Å². The number of hydrogen-bond donors (Lipinski definition) is 1. The van der Waals surface area contributed by atoms with Crippen LogP contribution in [0.2, 0.25) is 0 Å². The van der Waals surface area contributed by atoms with Crippen molar-refractivity contribution in [3.63, 3.8) is 0 Å². The number of carbonyl (C=O) groups excluding carboxylic acids is 1. The van der Waals surface area contributed by atoms with Crippen molar-refractivity contribution in [2.45, 2.75) is 35.5 Å². The summed E-state index contributed by atoms with van der Waals surface area (Å²) in [6, 6.07) is 15.5. The molecule has 0 bridgehead atoms. The molecule has 7 heteroatoms. The fraction of sp³-hybridized carbons (Fsp3) is 0.381. The molecule has 0 spiro atoms. The van der Waals surface area contributed by atoms with Crippen molar-refractivity contribution in [2.75, 3.05) is 20.3 Å². The second-order valence-electron chi connectivity index (χ2n) is 6.77. The molecular weight excluding hydrogens is 378 g/mol. The second-order valence-corrected chi connectivity index (χ2v) is 9.00. The highest BCUT2D eigenvalue weighted by Crippen LogP contribution is 2.27. The van der Waals surface area contributed by atoms with Gasteiger partial charge in [0, 0.05) is 18.7 Å². The number of nitrogens with one attached hydrogen (secondary N) is 1. The Morgan fingerprint density at radius 2 is 1.96 bits per heavy atom. The number of sulfone groups is 1. The Morgan fingerprint density at radius 3 is 2.71 bits per heavy atom. The van der Waals surface area contributed by atoms with Gasteiger partial charge in [-0.1, -0.05) is 24.3 Å². The average molecular weight is 404 g/mol. The van der Waals surface area contributed by atoms with Crippen molar-refractivity contribution in [3.8, 4) is 5.75 Å². The van der Waals surface area contributed by atoms with E-state index in [1.54, 1.807) is 61.7 Å². The Morgan fingerprint density at radius 1 is 1.18 bits per heavy atom. The second kappa shape index (κ2) is 9.21. The van der Waals surface area contributed by atoms with Gasteiger partial charge in [0.1, 0.15) is 5.75 Å². The molecule has 1 N–H and O–H groups in total. The first-order chi connectivity index (χ1) is 13.5. The molecule has 28 heavy (non-hydrogen) atoms. The van der Waals surface area contributed by atoms with Gasteiger partial charge in [-0.25, -0.2) is 8.42 Å². The zero-order valence-electron chi connectivity index (χ0n) is 15.8. The molecule has 0 aliphatic carbocycles. The van der Waals surface area contributed by atoms with Crippen LogP contribution in [-0.4, -0.2) is 45.9 Å². The van der Waals surface area contributed by atoms with E-state index in [1.807, 2.05) is 0 Å². The van der Waals surface area contributed by atoms with Crippen molar-refractivity contribution < 1.29 is 22.7 Å². The lowest BCUT2D eigenvalue weighted by atomic mass is 10.1. The molecule has 6 nitrogen and oxygen atoms in total. The summed E-state index contributed by atoms with van der Waals surface area (Å²) in [5.74, 6) is 0.431. The maximum Gasteiger partial charge on any atom is 0.251 e. The molecule has 1 fully saturated rings. The fourth-order valence-electron chi connectivity index (χ4n) is 3.34. The minimum absolute atomic E-state index is 0.192. The highest BCUT2D eigenvalue weighted by atomic mass is 32.2. The summed E-state index contributed by atoms with van der Waals surface area (Å²) in [6.07, 6.45) is 1.30. The van der Waals surface area contributed by atoms with E-state index in [4.69, 9.17) is 9.47 Å². The van der Waals surface area contributed by atoms with Crippen LogP contribution in [0.4, 0.5) is 0 Å². The van der Waals surface area contributed by atoms with Gasteiger partial charge in [0.05, 0.1) is 23.4 Å². The standard InChI is InChI=1S/C21H25NO5S/c1-26-17-7-5-6-16(14-17)21(23)22-12-10-18-15-20(11-13-27-18)28(24,25)19-8-3-2-4-9-19/h2-9,14,18,20H,10-13,15H2,1H3,(H,22,23)/t18-,20+/m0/s1. The van der Waals surface area contributed by atoms with E-state index >= 15 is 0 Å². The van der Waals surface area contributed by atoms with Gasteiger partial charge in [0.2, 0.25) is 0 Å². The van der Waals surface area contributed by atoms with Crippen molar-refractivity contribution in [2.24, 2.45) is 0 Å². The first kappa shape index (κ1) is 20.4. The van der Waals surface area contributed by atoms with Gasteiger partial charge >= 0.3 is 0 Å². The molecule has 1 saturated heterocycles. The molecule has 1 aliphatic rings. The van der Waals surface area contributed by atoms with Crippen LogP contribution in [0.1, 0.15) is 29.6 Å². The van der Waals surface area contributed by atoms with Crippen molar-refractivity contribution in [3.05, 3.63) is 60.2 Å². The molecule has 150 valence electrons. The van der Waals surface area contributed by atoms with Gasteiger partial charge in [0.15, 0.2) is 9.84 Å². The zero-order valence-corrected chi connectivity index (χ0v) is 16.7. The SMILES string of the molecule is COc1cccc(C(=O)NCC[C@H]2C[C@H](S(=O)(=O)c3ccccc3)CCO2)c1. The first-order valence-electron chi connectivity index (χ1n) is 9.33. The number of ether oxygens (including phenoxy) is 2. The third-order valence-electron chi connectivity index (χ3n) is 4.91. The van der Waals surface area contributed by atoms with Crippen LogP contribution in [0.3, 0.4) is 0 Å². The molecule has 2 atom stereocenters. The van der Waals surface area contributed by atoms with E-state index in [0.717, 1.165) is 0 Å². The maximum absolute atomic E-state index is 12.8. The Hall–Kier alpha value is -2.38. The van der Waals surface area contributed by atoms with Crippen LogP contribution < -0.4 is 10.1 Å². The van der Waals surface area contributed by atoms with Gasteiger partial charge < -0.3 is 14.8 Å². The normalized spacial score (nSPS) is 19.8. The molecule has 0 radical (unpaired) electrons. The topological polar surface area (TPSA) is 81.7 Å². The zero-order chi connectivity index (χ0) is 20.0. The molecule has 3 rings (SSSR count). The molecule has 0 saturated carbocycles. The molecule has 1 amide bonds. The van der Waals surface area contributed by atoms with Crippen LogP contribution in [-0.2, 0) is 14.6 Å². The summed E-state index contributed by atoms with van der Waals surface area (Å²) >= 11 is 0. The smallest absolute Gasteiger partial charge is 0.251 e. The van der Waals surface area contributed by atoms with Crippen molar-refractivity contribution in [1.82, 2.24) is 5.32 Å². The third kappa shape index (κ3) is 4.91. The maximum atomic E-state index is 12.8. The van der Waals surface area contributed by atoms with Crippen LogP contribution in [0.25, 0.3) is 0 Å². The predicted molar refractivity (Wildman–Crippen MR) is 106 cm³/mol. The molecule has 2 aromatic rings. The number of rotatable bonds is 7. The van der Waals surface area contributed by atoms with E-state index in [1.165, 1.54) is 0 Å². The van der Waals surface area contributed by atoms with Crippen LogP contribution >= 0.6 is 0 Å². The summed E-state index contributed by atoms with van der Waals surface area (Å²) in [6.45, 7) is 0.823. The summed E-state index contributed by atoms with van der Waals surface area (Å²) in [4.78, 5) is 12.6. The molecule has 0 aromatic heterocycles. The predicted octanol–water partition coefficient (Wildman–Crippen LogP) is 2.84. The summed E-state index contributed by atoms with van der Waals surface area (Å²) in [7, 11) is -1.82. The molecule has 0 unspecified atom stereocenters. The number of carbonyl (C=O) groups is 1. The molecular formula is C21H25NO5S. The number of benzene rings is 2. The fourth-order valence-corrected chi connectivity index (χ4v) is 5.14. The first-order valence-corrected chi connectivity index (χ1v) is 10.9. The Bertz CT molecular complexity index is 898. The van der Waals surface area contributed by atoms with Crippen LogP contribution in [0.5, 0.6) is 5.75 Å². The highest BCUT2D eigenvalue weighted by molar-refractivity contribution is 7.92. The lowest BCUT2D eigenvalue weighted by Crippen LogP contribution is -2.36. The molecule has 2 aromatic carbocycles. The molecule has 1 aliphatic heterocycles. The number of amides is 1. The van der Waals surface area contributed by atoms with Crippen molar-refractivity contribution >= 4 is 15.7 Å². The lowest BCUT2D eigenvalue weighted by Gasteiger charge is -2.29. The largest absolute Gasteiger partial charge is 0.497 e. The Labute approximate surface area is 165 Å². The minimum Gasteiger partial charge on any atom is -0.497 e. The molecule has 1 heterocycles. The summed E-state index contributed by atoms with van der Waals surface area (Å²) < 4.78 is 36.5. The van der Waals surface area contributed by atoms with E-state index in [-0.39, 0.29) is 12.0 Å². The monoisotopic (exact) mass is 403 g/mol. The van der Waals surface area contributed by atoms with Crippen LogP contribution in [0, 0.1) is 0 Å². The quantitative estimate of drug-likeness (QED) is 0.769. The van der Waals surface area contributed by atoms with Gasteiger partial charge in [-0.15, -0.1) is 0 Å². The van der Waals surface area contributed by atoms with E-state index in [9.17, 15) is 13.2 Å². The van der Waals surface area contributed by atoms with Crippen LogP contribution in [0.15, 0.2) is 59.5 Å². The Kier molecular flexibility index (Phi) is 6.70. The van der Waals surface area contributed by atoms with Gasteiger partial charge in [-0.3, -0.25) is 4.79 Å². The van der Waals surface area contributed by atoms with Gasteiger partial charge in [-0.2, -0.15) is 0 Å². The summed E-state index contributed by atoms with van der Waals surface area (Å²) in [5.41, 5.74) is 0.522. The van der Waals surface area contributed by atoms with E-state index in [2.05, 4.69) is 5.32 Å². The van der Waals surface area contributed by atoms with Gasteiger partial charge in [-0.05, 0) is 49.6 Å². The minimum atomic E-state index is -3.37. The third-order valence-corrected chi connectivity index (χ3v) is 7.15. The summed E-state index contributed by atoms with van der Waals surface area (Å²) in [5, 5.41) is 2.40. The number of hydrogen-bond acceptors (Lipinski definition) is 5. The lowest BCUT2D eigenvalue weighted by molar-refractivity contribution is 0.0132. The van der Waals surface area contributed by atoms with E-state index < -0.39 is 15.1 Å². The van der Waals surface area contributed by atoms with Gasteiger partial charge in [0.25, 0.3) is 5.91 Å².